The van der Waals surface area contributed by atoms with Gasteiger partial charge in [-0.15, -0.1) is 0 Å². The van der Waals surface area contributed by atoms with Crippen LogP contribution in [0.2, 0.25) is 0 Å². The van der Waals surface area contributed by atoms with E-state index in [9.17, 15) is 0 Å². The molecule has 1 N–H and O–H groups in total. The average Bonchev–Trinajstić information content (AvgIpc) is 2.01. The van der Waals surface area contributed by atoms with Crippen LogP contribution in [0.1, 0.15) is 13.8 Å². The second kappa shape index (κ2) is 3.26. The van der Waals surface area contributed by atoms with Crippen LogP contribution in [-0.4, -0.2) is 17.3 Å². The predicted octanol–water partition coefficient (Wildman–Crippen LogP) is 1.97. The normalized spacial score (nSPS) is 20.5. The molecule has 0 atom stereocenters. The summed E-state index contributed by atoms with van der Waals surface area (Å²) >= 11 is 0. The van der Waals surface area contributed by atoms with Crippen LogP contribution >= 0.6 is 0 Å². The van der Waals surface area contributed by atoms with Crippen LogP contribution in [0, 0.1) is 5.41 Å². The Labute approximate surface area is 71.7 Å². The second-order valence-corrected chi connectivity index (χ2v) is 2.57. The Bertz CT molecular complexity index is 319. The van der Waals surface area contributed by atoms with Crippen LogP contribution in [0.5, 0.6) is 0 Å². The highest BCUT2D eigenvalue weighted by molar-refractivity contribution is 6.49. The number of rotatable bonds is 1. The van der Waals surface area contributed by atoms with E-state index in [0.29, 0.717) is 5.71 Å². The fourth-order valence-electron chi connectivity index (χ4n) is 0.888. The van der Waals surface area contributed by atoms with E-state index in [1.807, 2.05) is 19.9 Å². The highest BCUT2D eigenvalue weighted by Gasteiger charge is 2.10. The summed E-state index contributed by atoms with van der Waals surface area (Å²) < 4.78 is 0. The maximum atomic E-state index is 7.46. The lowest BCUT2D eigenvalue weighted by atomic mass is 10.1. The molecule has 1 aliphatic rings. The lowest BCUT2D eigenvalue weighted by Crippen LogP contribution is -2.16. The van der Waals surface area contributed by atoms with Crippen molar-refractivity contribution >= 4 is 17.3 Å². The van der Waals surface area contributed by atoms with Gasteiger partial charge in [-0.05, 0) is 25.5 Å². The zero-order valence-electron chi connectivity index (χ0n) is 7.26. The van der Waals surface area contributed by atoms with Crippen molar-refractivity contribution in [3.63, 3.8) is 0 Å². The van der Waals surface area contributed by atoms with Crippen LogP contribution in [0.25, 0.3) is 0 Å². The number of nitrogens with one attached hydrogen (secondary N) is 1. The summed E-state index contributed by atoms with van der Waals surface area (Å²) in [7, 11) is 0. The summed E-state index contributed by atoms with van der Waals surface area (Å²) in [5, 5.41) is 7.46. The van der Waals surface area contributed by atoms with Crippen molar-refractivity contribution in [3.05, 3.63) is 24.4 Å². The van der Waals surface area contributed by atoms with Gasteiger partial charge in [0.1, 0.15) is 5.71 Å². The third kappa shape index (κ3) is 1.56. The van der Waals surface area contributed by atoms with E-state index in [1.54, 1.807) is 0 Å². The van der Waals surface area contributed by atoms with Crippen LogP contribution in [0.3, 0.4) is 0 Å². The molecule has 1 heterocycles. The van der Waals surface area contributed by atoms with E-state index in [0.717, 1.165) is 11.3 Å². The number of hydrogen-bond donors (Lipinski definition) is 1. The number of hydrogen-bond acceptors (Lipinski definition) is 2. The van der Waals surface area contributed by atoms with Gasteiger partial charge in [0.2, 0.25) is 0 Å². The fraction of sp³-hybridized carbons (Fsp3) is 0.222. The molecule has 0 saturated heterocycles. The van der Waals surface area contributed by atoms with Crippen molar-refractivity contribution in [3.8, 4) is 0 Å². The van der Waals surface area contributed by atoms with Crippen molar-refractivity contribution in [1.29, 1.82) is 5.41 Å². The lowest BCUT2D eigenvalue weighted by molar-refractivity contribution is 1.41. The molecule has 1 rings (SSSR count). The van der Waals surface area contributed by atoms with E-state index in [4.69, 9.17) is 5.41 Å². The minimum Gasteiger partial charge on any atom is -0.281 e. The molecular weight excluding hydrogens is 150 g/mol. The van der Waals surface area contributed by atoms with Crippen molar-refractivity contribution in [1.82, 2.24) is 0 Å². The monoisotopic (exact) mass is 161 g/mol. The van der Waals surface area contributed by atoms with Gasteiger partial charge in [-0.3, -0.25) is 10.4 Å². The third-order valence-electron chi connectivity index (χ3n) is 1.68. The number of amidine groups is 1. The molecule has 0 fully saturated rings. The summed E-state index contributed by atoms with van der Waals surface area (Å²) in [6.07, 6.45) is 3.26. The second-order valence-electron chi connectivity index (χ2n) is 2.57. The van der Waals surface area contributed by atoms with E-state index in [2.05, 4.69) is 16.6 Å². The van der Waals surface area contributed by atoms with Gasteiger partial charge in [-0.25, -0.2) is 4.99 Å². The van der Waals surface area contributed by atoms with E-state index < -0.39 is 0 Å². The first-order valence-electron chi connectivity index (χ1n) is 3.66. The van der Waals surface area contributed by atoms with Crippen LogP contribution < -0.4 is 0 Å². The zero-order valence-corrected chi connectivity index (χ0v) is 7.26. The molecule has 0 aromatic rings. The Morgan fingerprint density at radius 2 is 2.25 bits per heavy atom. The SMILES string of the molecule is C=CN=C1C=C(C)C(C)=NC1=N. The smallest absolute Gasteiger partial charge is 0.170 e. The van der Waals surface area contributed by atoms with E-state index in [1.165, 1.54) is 6.20 Å². The Hall–Kier alpha value is -1.51. The van der Waals surface area contributed by atoms with Gasteiger partial charge in [0.15, 0.2) is 5.84 Å². The van der Waals surface area contributed by atoms with Crippen molar-refractivity contribution < 1.29 is 0 Å². The minimum atomic E-state index is 0.206. The largest absolute Gasteiger partial charge is 0.281 e. The molecule has 0 aromatic heterocycles. The van der Waals surface area contributed by atoms with Crippen molar-refractivity contribution in [2.45, 2.75) is 13.8 Å². The van der Waals surface area contributed by atoms with Gasteiger partial charge in [0, 0.05) is 11.9 Å². The molecule has 0 unspecified atom stereocenters. The molecule has 62 valence electrons. The Kier molecular flexibility index (Phi) is 2.33. The van der Waals surface area contributed by atoms with Crippen LogP contribution in [0.4, 0.5) is 0 Å². The van der Waals surface area contributed by atoms with Gasteiger partial charge in [0.25, 0.3) is 0 Å². The Morgan fingerprint density at radius 1 is 1.58 bits per heavy atom. The molecule has 0 radical (unpaired) electrons. The summed E-state index contributed by atoms with van der Waals surface area (Å²) in [6, 6.07) is 0. The van der Waals surface area contributed by atoms with E-state index >= 15 is 0 Å². The standard InChI is InChI=1S/C9H11N3/c1-4-11-8-5-6(2)7(3)12-9(8)10/h4-5,10H,1H2,2-3H3. The fourth-order valence-corrected chi connectivity index (χ4v) is 0.888. The molecule has 1 aliphatic heterocycles. The molecule has 0 aliphatic carbocycles. The molecule has 0 amide bonds. The minimum absolute atomic E-state index is 0.206. The first-order valence-corrected chi connectivity index (χ1v) is 3.66. The third-order valence-corrected chi connectivity index (χ3v) is 1.68. The van der Waals surface area contributed by atoms with Crippen LogP contribution in [-0.2, 0) is 0 Å². The molecule has 0 bridgehead atoms. The molecule has 12 heavy (non-hydrogen) atoms. The zero-order chi connectivity index (χ0) is 9.14. The maximum absolute atomic E-state index is 7.46. The Morgan fingerprint density at radius 3 is 2.83 bits per heavy atom. The lowest BCUT2D eigenvalue weighted by Gasteiger charge is -2.08. The summed E-state index contributed by atoms with van der Waals surface area (Å²) in [5.74, 6) is 0.206. The van der Waals surface area contributed by atoms with Gasteiger partial charge in [-0.1, -0.05) is 6.58 Å². The van der Waals surface area contributed by atoms with Gasteiger partial charge < -0.3 is 0 Å². The summed E-state index contributed by atoms with van der Waals surface area (Å²) in [6.45, 7) is 7.30. The predicted molar refractivity (Wildman–Crippen MR) is 52.2 cm³/mol. The van der Waals surface area contributed by atoms with Gasteiger partial charge in [-0.2, -0.15) is 0 Å². The first-order chi connectivity index (χ1) is 5.65. The molecular formula is C9H11N3. The number of nitrogens with zero attached hydrogens (tertiary/aromatic N) is 2. The molecule has 3 nitrogen and oxygen atoms in total. The topological polar surface area (TPSA) is 48.6 Å². The van der Waals surface area contributed by atoms with Crippen LogP contribution in [0.15, 0.2) is 34.4 Å². The molecule has 3 heteroatoms. The maximum Gasteiger partial charge on any atom is 0.170 e. The highest BCUT2D eigenvalue weighted by Crippen LogP contribution is 2.06. The number of allylic oxidation sites excluding steroid dienone is 1. The molecule has 0 spiro atoms. The molecule has 0 aromatic carbocycles. The quantitative estimate of drug-likeness (QED) is 0.611. The first kappa shape index (κ1) is 8.59. The van der Waals surface area contributed by atoms with Crippen molar-refractivity contribution in [2.75, 3.05) is 0 Å². The van der Waals surface area contributed by atoms with E-state index in [-0.39, 0.29) is 5.84 Å². The van der Waals surface area contributed by atoms with Gasteiger partial charge in [0.05, 0.1) is 0 Å². The number of dihydropyridines is 1. The molecule has 0 saturated carbocycles. The average molecular weight is 161 g/mol. The Balaban J connectivity index is 3.07. The number of aliphatic imine (C=N–C) groups is 2. The van der Waals surface area contributed by atoms with Crippen molar-refractivity contribution in [2.24, 2.45) is 9.98 Å². The van der Waals surface area contributed by atoms with Gasteiger partial charge >= 0.3 is 0 Å². The highest BCUT2D eigenvalue weighted by atomic mass is 14.9. The summed E-state index contributed by atoms with van der Waals surface area (Å²) in [5.41, 5.74) is 2.50. The summed E-state index contributed by atoms with van der Waals surface area (Å²) in [4.78, 5) is 7.94.